The number of benzene rings is 2. The van der Waals surface area contributed by atoms with E-state index in [1.54, 1.807) is 0 Å². The van der Waals surface area contributed by atoms with Gasteiger partial charge in [0.25, 0.3) is 5.91 Å². The molecule has 0 aliphatic carbocycles. The predicted octanol–water partition coefficient (Wildman–Crippen LogP) is 4.29. The molecule has 0 N–H and O–H groups in total. The summed E-state index contributed by atoms with van der Waals surface area (Å²) in [6, 6.07) is 19.8. The van der Waals surface area contributed by atoms with Gasteiger partial charge in [-0.1, -0.05) is 48.5 Å². The summed E-state index contributed by atoms with van der Waals surface area (Å²) < 4.78 is 6.14. The van der Waals surface area contributed by atoms with E-state index >= 15 is 0 Å². The molecule has 1 aromatic heterocycles. The van der Waals surface area contributed by atoms with Gasteiger partial charge in [0.15, 0.2) is 0 Å². The number of fused-ring (bicyclic) bond motifs is 1. The quantitative estimate of drug-likeness (QED) is 0.670. The number of nitrogens with zero attached hydrogens (tertiary/aromatic N) is 3. The van der Waals surface area contributed by atoms with Crippen molar-refractivity contribution >= 4 is 22.6 Å². The van der Waals surface area contributed by atoms with Crippen LogP contribution in [0.15, 0.2) is 60.7 Å². The summed E-state index contributed by atoms with van der Waals surface area (Å²) in [5.74, 6) is 0.802. The topological polar surface area (TPSA) is 45.7 Å². The summed E-state index contributed by atoms with van der Waals surface area (Å²) in [4.78, 5) is 22.4. The van der Waals surface area contributed by atoms with Crippen molar-refractivity contribution in [1.29, 1.82) is 0 Å². The van der Waals surface area contributed by atoms with Crippen LogP contribution in [0.4, 0.5) is 5.82 Å². The molecule has 150 valence electrons. The lowest BCUT2D eigenvalue weighted by atomic mass is 9.97. The van der Waals surface area contributed by atoms with Crippen molar-refractivity contribution in [2.75, 3.05) is 25.6 Å². The minimum atomic E-state index is -0.141. The van der Waals surface area contributed by atoms with Crippen molar-refractivity contribution in [2.45, 2.75) is 32.0 Å². The molecule has 5 heteroatoms. The van der Waals surface area contributed by atoms with Gasteiger partial charge in [-0.05, 0) is 31.5 Å². The van der Waals surface area contributed by atoms with Gasteiger partial charge >= 0.3 is 0 Å². The van der Waals surface area contributed by atoms with Crippen LogP contribution in [0.25, 0.3) is 10.9 Å². The summed E-state index contributed by atoms with van der Waals surface area (Å²) in [5, 5.41) is 0.880. The third kappa shape index (κ3) is 3.58. The summed E-state index contributed by atoms with van der Waals surface area (Å²) in [7, 11) is 3.88. The molecule has 0 saturated carbocycles. The number of carbonyl (C=O) groups excluding carboxylic acids is 1. The largest absolute Gasteiger partial charge is 0.369 e. The standard InChI is InChI=1S/C24H27N3O2/c1-16-15-29-23(18-10-6-5-7-11-18)17(2)27(16)24(28)20-14-22(26(3)4)25-21-13-9-8-12-19(20)21/h5-14,16-17,23H,15H2,1-4H3/t16-,17-,23-/m1/s1. The molecule has 3 atom stereocenters. The SMILES string of the molecule is C[C@@H]1CO[C@@H](c2ccccc2)[C@@H](C)N1C(=O)c1cc(N(C)C)nc2ccccc12. The van der Waals surface area contributed by atoms with E-state index in [1.807, 2.05) is 79.3 Å². The number of para-hydroxylation sites is 1. The van der Waals surface area contributed by atoms with Crippen LogP contribution in [-0.2, 0) is 4.74 Å². The summed E-state index contributed by atoms with van der Waals surface area (Å²) >= 11 is 0. The highest BCUT2D eigenvalue weighted by Gasteiger charge is 2.38. The lowest BCUT2D eigenvalue weighted by Crippen LogP contribution is -2.53. The Morgan fingerprint density at radius 3 is 2.48 bits per heavy atom. The Labute approximate surface area is 171 Å². The second-order valence-electron chi connectivity index (χ2n) is 7.91. The van der Waals surface area contributed by atoms with Crippen LogP contribution in [0.1, 0.15) is 35.9 Å². The number of anilines is 1. The zero-order valence-electron chi connectivity index (χ0n) is 17.4. The number of ether oxygens (including phenoxy) is 1. The first-order chi connectivity index (χ1) is 14.0. The normalized spacial score (nSPS) is 21.9. The zero-order chi connectivity index (χ0) is 20.5. The van der Waals surface area contributed by atoms with Crippen LogP contribution in [-0.4, -0.2) is 48.6 Å². The van der Waals surface area contributed by atoms with Crippen molar-refractivity contribution < 1.29 is 9.53 Å². The van der Waals surface area contributed by atoms with E-state index < -0.39 is 0 Å². The average Bonchev–Trinajstić information content (AvgIpc) is 2.73. The molecular formula is C24H27N3O2. The maximum Gasteiger partial charge on any atom is 0.255 e. The van der Waals surface area contributed by atoms with Crippen LogP contribution >= 0.6 is 0 Å². The van der Waals surface area contributed by atoms with Gasteiger partial charge in [0.05, 0.1) is 29.8 Å². The van der Waals surface area contributed by atoms with Gasteiger partial charge in [0.1, 0.15) is 11.9 Å². The summed E-state index contributed by atoms with van der Waals surface area (Å²) in [6.45, 7) is 4.63. The Balaban J connectivity index is 1.76. The van der Waals surface area contributed by atoms with Crippen molar-refractivity contribution in [1.82, 2.24) is 9.88 Å². The van der Waals surface area contributed by atoms with E-state index in [1.165, 1.54) is 0 Å². The van der Waals surface area contributed by atoms with Gasteiger partial charge in [-0.2, -0.15) is 0 Å². The molecule has 1 aliphatic rings. The fourth-order valence-electron chi connectivity index (χ4n) is 4.12. The highest BCUT2D eigenvalue weighted by molar-refractivity contribution is 6.07. The van der Waals surface area contributed by atoms with Crippen LogP contribution in [0.2, 0.25) is 0 Å². The number of aromatic nitrogens is 1. The molecule has 1 aliphatic heterocycles. The van der Waals surface area contributed by atoms with Crippen LogP contribution in [0.3, 0.4) is 0 Å². The van der Waals surface area contributed by atoms with Crippen molar-refractivity contribution in [3.63, 3.8) is 0 Å². The highest BCUT2D eigenvalue weighted by Crippen LogP contribution is 2.33. The minimum Gasteiger partial charge on any atom is -0.369 e. The fourth-order valence-corrected chi connectivity index (χ4v) is 4.12. The first kappa shape index (κ1) is 19.4. The number of hydrogen-bond donors (Lipinski definition) is 0. The van der Waals surface area contributed by atoms with Crippen LogP contribution in [0, 0.1) is 0 Å². The molecule has 4 rings (SSSR count). The number of carbonyl (C=O) groups is 1. The second-order valence-corrected chi connectivity index (χ2v) is 7.91. The van der Waals surface area contributed by atoms with Gasteiger partial charge in [0.2, 0.25) is 0 Å². The monoisotopic (exact) mass is 389 g/mol. The van der Waals surface area contributed by atoms with E-state index in [9.17, 15) is 4.79 Å². The summed E-state index contributed by atoms with van der Waals surface area (Å²) in [5.41, 5.74) is 2.61. The minimum absolute atomic E-state index is 0.00723. The Morgan fingerprint density at radius 1 is 1.07 bits per heavy atom. The number of rotatable bonds is 3. The second kappa shape index (κ2) is 7.84. The Kier molecular flexibility index (Phi) is 5.24. The molecule has 2 aromatic carbocycles. The lowest BCUT2D eigenvalue weighted by molar-refractivity contribution is -0.0805. The van der Waals surface area contributed by atoms with Crippen LogP contribution < -0.4 is 4.90 Å². The molecule has 1 saturated heterocycles. The Morgan fingerprint density at radius 2 is 1.76 bits per heavy atom. The fraction of sp³-hybridized carbons (Fsp3) is 0.333. The van der Waals surface area contributed by atoms with E-state index in [2.05, 4.69) is 19.1 Å². The molecule has 3 aromatic rings. The molecule has 0 radical (unpaired) electrons. The van der Waals surface area contributed by atoms with Crippen molar-refractivity contribution in [3.05, 3.63) is 71.8 Å². The molecule has 1 fully saturated rings. The lowest BCUT2D eigenvalue weighted by Gasteiger charge is -2.44. The molecule has 0 spiro atoms. The average molecular weight is 389 g/mol. The van der Waals surface area contributed by atoms with Crippen molar-refractivity contribution in [2.24, 2.45) is 0 Å². The Hall–Kier alpha value is -2.92. The van der Waals surface area contributed by atoms with Gasteiger partial charge in [-0.25, -0.2) is 4.98 Å². The molecule has 2 heterocycles. The third-order valence-electron chi connectivity index (χ3n) is 5.62. The number of hydrogen-bond acceptors (Lipinski definition) is 4. The number of morpholine rings is 1. The smallest absolute Gasteiger partial charge is 0.255 e. The summed E-state index contributed by atoms with van der Waals surface area (Å²) in [6.07, 6.45) is -0.141. The third-order valence-corrected chi connectivity index (χ3v) is 5.62. The Bertz CT molecular complexity index is 1020. The van der Waals surface area contributed by atoms with E-state index in [-0.39, 0.29) is 24.1 Å². The van der Waals surface area contributed by atoms with Gasteiger partial charge < -0.3 is 14.5 Å². The van der Waals surface area contributed by atoms with Gasteiger partial charge in [-0.15, -0.1) is 0 Å². The van der Waals surface area contributed by atoms with Gasteiger partial charge in [-0.3, -0.25) is 4.79 Å². The molecule has 5 nitrogen and oxygen atoms in total. The maximum absolute atomic E-state index is 13.8. The maximum atomic E-state index is 13.8. The van der Waals surface area contributed by atoms with E-state index in [0.717, 1.165) is 22.3 Å². The first-order valence-corrected chi connectivity index (χ1v) is 10.0. The first-order valence-electron chi connectivity index (χ1n) is 10.0. The van der Waals surface area contributed by atoms with Gasteiger partial charge in [0, 0.05) is 19.5 Å². The molecular weight excluding hydrogens is 362 g/mol. The molecule has 0 bridgehead atoms. The molecule has 0 unspecified atom stereocenters. The van der Waals surface area contributed by atoms with Crippen molar-refractivity contribution in [3.8, 4) is 0 Å². The van der Waals surface area contributed by atoms with Crippen LogP contribution in [0.5, 0.6) is 0 Å². The zero-order valence-corrected chi connectivity index (χ0v) is 17.4. The predicted molar refractivity (Wildman–Crippen MR) is 116 cm³/mol. The number of amides is 1. The highest BCUT2D eigenvalue weighted by atomic mass is 16.5. The number of pyridine rings is 1. The van der Waals surface area contributed by atoms with E-state index in [4.69, 9.17) is 9.72 Å². The van der Waals surface area contributed by atoms with E-state index in [0.29, 0.717) is 12.2 Å². The molecule has 1 amide bonds. The molecule has 29 heavy (non-hydrogen) atoms.